The van der Waals surface area contributed by atoms with E-state index in [1.165, 1.54) is 32.8 Å². The van der Waals surface area contributed by atoms with Crippen molar-refractivity contribution in [2.75, 3.05) is 20.7 Å². The molecule has 0 aromatic rings. The van der Waals surface area contributed by atoms with Crippen LogP contribution in [0.25, 0.3) is 0 Å². The summed E-state index contributed by atoms with van der Waals surface area (Å²) in [5.41, 5.74) is 0. The van der Waals surface area contributed by atoms with E-state index in [2.05, 4.69) is 32.6 Å². The van der Waals surface area contributed by atoms with Crippen molar-refractivity contribution < 1.29 is 9.53 Å². The Bertz CT molecular complexity index is 193. The van der Waals surface area contributed by atoms with Crippen LogP contribution in [0, 0.1) is 0 Å². The molecule has 0 radical (unpaired) electrons. The molecule has 14 heavy (non-hydrogen) atoms. The van der Waals surface area contributed by atoms with Gasteiger partial charge in [-0.15, -0.1) is 0 Å². The zero-order valence-corrected chi connectivity index (χ0v) is 10.4. The topological polar surface area (TPSA) is 29.5 Å². The second kappa shape index (κ2) is 5.71. The van der Waals surface area contributed by atoms with Gasteiger partial charge < -0.3 is 9.64 Å². The van der Waals surface area contributed by atoms with Crippen LogP contribution in [-0.2, 0) is 9.53 Å². The molecule has 0 heterocycles. The Hall–Kier alpha value is -0.0900. The highest BCUT2D eigenvalue weighted by Crippen LogP contribution is 2.23. The number of carbonyl (C=O) groups excluding carboxylic acids is 1. The Morgan fingerprint density at radius 2 is 2.14 bits per heavy atom. The Morgan fingerprint density at radius 3 is 2.64 bits per heavy atom. The van der Waals surface area contributed by atoms with Gasteiger partial charge in [-0.05, 0) is 19.9 Å². The molecule has 1 saturated carbocycles. The number of alkyl halides is 1. The van der Waals surface area contributed by atoms with Crippen LogP contribution < -0.4 is 0 Å². The monoisotopic (exact) mass is 263 g/mol. The van der Waals surface area contributed by atoms with Crippen molar-refractivity contribution in [3.8, 4) is 0 Å². The Kier molecular flexibility index (Phi) is 4.89. The summed E-state index contributed by atoms with van der Waals surface area (Å²) in [6, 6.07) is 0.653. The highest BCUT2D eigenvalue weighted by atomic mass is 79.9. The molecular formula is C10H18BrNO2. The van der Waals surface area contributed by atoms with Crippen molar-refractivity contribution in [2.24, 2.45) is 0 Å². The molecule has 1 fully saturated rings. The lowest BCUT2D eigenvalue weighted by atomic mass is 10.2. The lowest BCUT2D eigenvalue weighted by Crippen LogP contribution is -2.37. The first-order chi connectivity index (χ1) is 6.65. The van der Waals surface area contributed by atoms with Crippen molar-refractivity contribution in [3.63, 3.8) is 0 Å². The molecule has 1 aliphatic rings. The largest absolute Gasteiger partial charge is 0.468 e. The van der Waals surface area contributed by atoms with Crippen molar-refractivity contribution in [1.82, 2.24) is 4.90 Å². The summed E-state index contributed by atoms with van der Waals surface area (Å²) in [4.78, 5) is 13.2. The van der Waals surface area contributed by atoms with E-state index in [-0.39, 0.29) is 10.8 Å². The SMILES string of the molecule is COC(=O)C(Br)CN(C)C1CCCC1. The maximum absolute atomic E-state index is 11.2. The molecule has 82 valence electrons. The molecule has 1 rings (SSSR count). The number of ether oxygens (including phenoxy) is 1. The highest BCUT2D eigenvalue weighted by Gasteiger charge is 2.24. The molecule has 0 bridgehead atoms. The first-order valence-corrected chi connectivity index (χ1v) is 5.99. The molecule has 1 atom stereocenters. The normalized spacial score (nSPS) is 20.0. The molecule has 0 spiro atoms. The third-order valence-electron chi connectivity index (χ3n) is 2.85. The van der Waals surface area contributed by atoms with Gasteiger partial charge in [-0.2, -0.15) is 0 Å². The predicted molar refractivity (Wildman–Crippen MR) is 59.6 cm³/mol. The molecule has 0 aromatic carbocycles. The summed E-state index contributed by atoms with van der Waals surface area (Å²) in [5.74, 6) is -0.185. The van der Waals surface area contributed by atoms with E-state index >= 15 is 0 Å². The van der Waals surface area contributed by atoms with E-state index in [9.17, 15) is 4.79 Å². The lowest BCUT2D eigenvalue weighted by Gasteiger charge is -2.25. The number of carbonyl (C=O) groups is 1. The van der Waals surface area contributed by atoms with E-state index in [0.29, 0.717) is 6.04 Å². The van der Waals surface area contributed by atoms with Crippen LogP contribution in [0.5, 0.6) is 0 Å². The Morgan fingerprint density at radius 1 is 1.57 bits per heavy atom. The molecule has 1 unspecified atom stereocenters. The van der Waals surface area contributed by atoms with Crippen LogP contribution in [0.15, 0.2) is 0 Å². The van der Waals surface area contributed by atoms with E-state index < -0.39 is 0 Å². The van der Waals surface area contributed by atoms with Crippen molar-refractivity contribution >= 4 is 21.9 Å². The Balaban J connectivity index is 2.31. The second-order valence-electron chi connectivity index (χ2n) is 3.87. The number of esters is 1. The average Bonchev–Trinajstić information content (AvgIpc) is 2.69. The number of rotatable bonds is 4. The van der Waals surface area contributed by atoms with Gasteiger partial charge in [0.15, 0.2) is 0 Å². The van der Waals surface area contributed by atoms with E-state index in [4.69, 9.17) is 0 Å². The zero-order chi connectivity index (χ0) is 10.6. The standard InChI is InChI=1S/C10H18BrNO2/c1-12(8-5-3-4-6-8)7-9(11)10(13)14-2/h8-9H,3-7H2,1-2H3. The van der Waals surface area contributed by atoms with Crippen molar-refractivity contribution in [3.05, 3.63) is 0 Å². The van der Waals surface area contributed by atoms with E-state index in [0.717, 1.165) is 6.54 Å². The van der Waals surface area contributed by atoms with Gasteiger partial charge in [-0.25, -0.2) is 0 Å². The van der Waals surface area contributed by atoms with Gasteiger partial charge in [-0.1, -0.05) is 28.8 Å². The van der Waals surface area contributed by atoms with Crippen LogP contribution in [0.4, 0.5) is 0 Å². The minimum Gasteiger partial charge on any atom is -0.468 e. The summed E-state index contributed by atoms with van der Waals surface area (Å²) in [5, 5.41) is 0. The number of hydrogen-bond donors (Lipinski definition) is 0. The van der Waals surface area contributed by atoms with Crippen molar-refractivity contribution in [1.29, 1.82) is 0 Å². The van der Waals surface area contributed by atoms with Gasteiger partial charge in [-0.3, -0.25) is 4.79 Å². The first kappa shape index (κ1) is 12.0. The fourth-order valence-electron chi connectivity index (χ4n) is 1.95. The molecule has 0 N–H and O–H groups in total. The molecule has 0 saturated heterocycles. The van der Waals surface area contributed by atoms with E-state index in [1.807, 2.05) is 0 Å². The van der Waals surface area contributed by atoms with Crippen LogP contribution in [0.1, 0.15) is 25.7 Å². The summed E-state index contributed by atoms with van der Waals surface area (Å²) < 4.78 is 4.66. The second-order valence-corrected chi connectivity index (χ2v) is 4.97. The minimum absolute atomic E-state index is 0.185. The van der Waals surface area contributed by atoms with Gasteiger partial charge in [0, 0.05) is 12.6 Å². The smallest absolute Gasteiger partial charge is 0.320 e. The van der Waals surface area contributed by atoms with Gasteiger partial charge >= 0.3 is 5.97 Å². The molecule has 4 heteroatoms. The maximum Gasteiger partial charge on any atom is 0.320 e. The minimum atomic E-state index is -0.196. The first-order valence-electron chi connectivity index (χ1n) is 5.07. The summed E-state index contributed by atoms with van der Waals surface area (Å²) in [6.45, 7) is 0.733. The van der Waals surface area contributed by atoms with Crippen LogP contribution in [-0.4, -0.2) is 42.4 Å². The van der Waals surface area contributed by atoms with Crippen LogP contribution in [0.3, 0.4) is 0 Å². The van der Waals surface area contributed by atoms with Crippen molar-refractivity contribution in [2.45, 2.75) is 36.6 Å². The zero-order valence-electron chi connectivity index (χ0n) is 8.83. The molecular weight excluding hydrogens is 246 g/mol. The molecule has 0 aromatic heterocycles. The third kappa shape index (κ3) is 3.24. The number of hydrogen-bond acceptors (Lipinski definition) is 3. The average molecular weight is 264 g/mol. The number of methoxy groups -OCH3 is 1. The van der Waals surface area contributed by atoms with Crippen LogP contribution >= 0.6 is 15.9 Å². The van der Waals surface area contributed by atoms with Crippen LogP contribution in [0.2, 0.25) is 0 Å². The summed E-state index contributed by atoms with van der Waals surface area (Å²) in [6.07, 6.45) is 5.16. The number of nitrogens with zero attached hydrogens (tertiary/aromatic N) is 1. The molecule has 0 aliphatic heterocycles. The fraction of sp³-hybridized carbons (Fsp3) is 0.900. The van der Waals surface area contributed by atoms with Gasteiger partial charge in [0.05, 0.1) is 7.11 Å². The van der Waals surface area contributed by atoms with E-state index in [1.54, 1.807) is 0 Å². The highest BCUT2D eigenvalue weighted by molar-refractivity contribution is 9.10. The lowest BCUT2D eigenvalue weighted by molar-refractivity contribution is -0.140. The fourth-order valence-corrected chi connectivity index (χ4v) is 2.59. The molecule has 0 amide bonds. The third-order valence-corrected chi connectivity index (χ3v) is 3.52. The van der Waals surface area contributed by atoms with Gasteiger partial charge in [0.1, 0.15) is 4.83 Å². The Labute approximate surface area is 93.9 Å². The molecule has 1 aliphatic carbocycles. The predicted octanol–water partition coefficient (Wildman–Crippen LogP) is 1.80. The van der Waals surface area contributed by atoms with Gasteiger partial charge in [0.25, 0.3) is 0 Å². The summed E-state index contributed by atoms with van der Waals surface area (Å²) in [7, 11) is 3.50. The quantitative estimate of drug-likeness (QED) is 0.572. The number of halogens is 1. The molecule has 3 nitrogen and oxygen atoms in total. The summed E-state index contributed by atoms with van der Waals surface area (Å²) >= 11 is 3.33. The maximum atomic E-state index is 11.2. The van der Waals surface area contributed by atoms with Gasteiger partial charge in [0.2, 0.25) is 0 Å².